The Labute approximate surface area is 200 Å². The summed E-state index contributed by atoms with van der Waals surface area (Å²) in [4.78, 5) is 55.2. The van der Waals surface area contributed by atoms with Gasteiger partial charge in [0.05, 0.1) is 25.4 Å². The molecule has 0 radical (unpaired) electrons. The molecular weight excluding hydrogens is 462 g/mol. The van der Waals surface area contributed by atoms with Gasteiger partial charge >= 0.3 is 17.9 Å². The summed E-state index contributed by atoms with van der Waals surface area (Å²) in [6, 6.07) is 1.70. The van der Waals surface area contributed by atoms with Crippen LogP contribution in [0.5, 0.6) is 0 Å². The number of methoxy groups -OCH3 is 2. The molecule has 0 bridgehead atoms. The van der Waals surface area contributed by atoms with E-state index in [4.69, 9.17) is 14.2 Å². The second kappa shape index (κ2) is 10.0. The maximum atomic E-state index is 13.1. The molecule has 0 aromatic carbocycles. The number of nitrogens with zero attached hydrogens (tertiary/aromatic N) is 2. The summed E-state index contributed by atoms with van der Waals surface area (Å²) in [6.45, 7) is 6.19. The highest BCUT2D eigenvalue weighted by molar-refractivity contribution is 7.12. The number of thiazole rings is 1. The van der Waals surface area contributed by atoms with Crippen LogP contribution in [0.25, 0.3) is 5.13 Å². The van der Waals surface area contributed by atoms with E-state index in [9.17, 15) is 19.2 Å². The summed E-state index contributed by atoms with van der Waals surface area (Å²) in [7, 11) is 2.32. The molecule has 3 rings (SSSR count). The van der Waals surface area contributed by atoms with Crippen LogP contribution < -0.4 is 5.32 Å². The Hall–Kier alpha value is -3.73. The Morgan fingerprint density at radius 2 is 1.62 bits per heavy atom. The number of Topliss-reactive ketones (excluding diaryl/α,β-unsaturated/α-hetero) is 1. The third-order valence-corrected chi connectivity index (χ3v) is 6.25. The average molecular weight is 488 g/mol. The molecule has 3 heterocycles. The first-order valence-corrected chi connectivity index (χ1v) is 11.1. The van der Waals surface area contributed by atoms with Crippen LogP contribution >= 0.6 is 11.3 Å². The molecule has 1 N–H and O–H groups in total. The monoisotopic (exact) mass is 487 g/mol. The van der Waals surface area contributed by atoms with Crippen molar-refractivity contribution in [2.24, 2.45) is 5.92 Å². The number of carbonyl (C=O) groups is 4. The number of aromatic nitrogens is 2. The predicted octanol–water partition coefficient (Wildman–Crippen LogP) is 2.39. The van der Waals surface area contributed by atoms with Gasteiger partial charge in [0.15, 0.2) is 11.7 Å². The van der Waals surface area contributed by atoms with Gasteiger partial charge in [-0.1, -0.05) is 0 Å². The average Bonchev–Trinajstić information content (AvgIpc) is 3.43. The first-order valence-electron chi connectivity index (χ1n) is 10.3. The van der Waals surface area contributed by atoms with Crippen LogP contribution in [0, 0.1) is 19.8 Å². The molecular formula is C23H25N3O7S. The highest BCUT2D eigenvalue weighted by Crippen LogP contribution is 2.32. The Morgan fingerprint density at radius 1 is 1.03 bits per heavy atom. The fourth-order valence-corrected chi connectivity index (χ4v) is 4.71. The molecule has 2 aromatic heterocycles. The molecule has 10 nitrogen and oxygen atoms in total. The number of hydrogen-bond donors (Lipinski definition) is 1. The highest BCUT2D eigenvalue weighted by atomic mass is 32.1. The zero-order chi connectivity index (χ0) is 25.2. The van der Waals surface area contributed by atoms with Crippen LogP contribution in [0.1, 0.15) is 35.6 Å². The van der Waals surface area contributed by atoms with Crippen LogP contribution in [-0.4, -0.2) is 54.1 Å². The van der Waals surface area contributed by atoms with Crippen molar-refractivity contribution < 1.29 is 33.4 Å². The lowest BCUT2D eigenvalue weighted by Gasteiger charge is -2.28. The number of aryl methyl sites for hydroxylation is 1. The second-order valence-corrected chi connectivity index (χ2v) is 8.46. The van der Waals surface area contributed by atoms with Crippen molar-refractivity contribution >= 4 is 35.0 Å². The summed E-state index contributed by atoms with van der Waals surface area (Å²) < 4.78 is 16.8. The normalized spacial score (nSPS) is 14.1. The van der Waals surface area contributed by atoms with E-state index >= 15 is 0 Å². The molecule has 1 aliphatic heterocycles. The number of carbonyl (C=O) groups excluding carboxylic acids is 4. The fourth-order valence-electron chi connectivity index (χ4n) is 3.95. The van der Waals surface area contributed by atoms with Crippen molar-refractivity contribution in [1.82, 2.24) is 14.9 Å². The summed E-state index contributed by atoms with van der Waals surface area (Å²) in [5, 5.41) is 5.44. The van der Waals surface area contributed by atoms with E-state index in [1.165, 1.54) is 11.3 Å². The van der Waals surface area contributed by atoms with Gasteiger partial charge in [-0.3, -0.25) is 14.2 Å². The number of nitrogens with one attached hydrogen (secondary N) is 1. The third-order valence-electron chi connectivity index (χ3n) is 5.49. The molecule has 0 fully saturated rings. The van der Waals surface area contributed by atoms with Gasteiger partial charge in [-0.2, -0.15) is 0 Å². The number of allylic oxidation sites excluding steroid dienone is 2. The van der Waals surface area contributed by atoms with Crippen molar-refractivity contribution in [2.45, 2.75) is 27.7 Å². The van der Waals surface area contributed by atoms with Gasteiger partial charge < -0.3 is 19.5 Å². The third kappa shape index (κ3) is 4.51. The number of ketones is 1. The minimum atomic E-state index is -1.41. The van der Waals surface area contributed by atoms with Crippen molar-refractivity contribution in [3.8, 4) is 5.13 Å². The standard InChI is InChI=1S/C23H25N3O7S/c1-11-9-15(14(4)26(11)23-24-7-8-34-23)16(27)10-33-22(30)19-17(20(28)31-5)12(2)25-13(3)18(19)21(29)32-6/h7-9,19,25H,10H2,1-6H3. The Morgan fingerprint density at radius 3 is 2.12 bits per heavy atom. The lowest BCUT2D eigenvalue weighted by Crippen LogP contribution is -2.38. The minimum Gasteiger partial charge on any atom is -0.466 e. The van der Waals surface area contributed by atoms with Crippen molar-refractivity contribution in [1.29, 1.82) is 0 Å². The SMILES string of the molecule is COC(=O)C1=C(C)NC(C)=C(C(=O)OC)C1C(=O)OCC(=O)c1cc(C)n(-c2nccs2)c1C. The van der Waals surface area contributed by atoms with Crippen molar-refractivity contribution in [3.05, 3.63) is 57.1 Å². The lowest BCUT2D eigenvalue weighted by atomic mass is 9.85. The number of esters is 3. The van der Waals surface area contributed by atoms with E-state index in [1.54, 1.807) is 33.0 Å². The van der Waals surface area contributed by atoms with Crippen molar-refractivity contribution in [2.75, 3.05) is 20.8 Å². The van der Waals surface area contributed by atoms with E-state index < -0.39 is 36.2 Å². The maximum Gasteiger partial charge on any atom is 0.336 e. The van der Waals surface area contributed by atoms with Crippen LogP contribution in [0.15, 0.2) is 40.2 Å². The van der Waals surface area contributed by atoms with Gasteiger partial charge in [-0.05, 0) is 33.8 Å². The molecule has 0 atom stereocenters. The van der Waals surface area contributed by atoms with Gasteiger partial charge in [-0.25, -0.2) is 14.6 Å². The zero-order valence-electron chi connectivity index (χ0n) is 19.7. The number of hydrogen-bond acceptors (Lipinski definition) is 10. The van der Waals surface area contributed by atoms with Crippen LogP contribution in [0.3, 0.4) is 0 Å². The van der Waals surface area contributed by atoms with Gasteiger partial charge in [0, 0.05) is 39.9 Å². The van der Waals surface area contributed by atoms with Crippen molar-refractivity contribution in [3.63, 3.8) is 0 Å². The Bertz CT molecular complexity index is 1180. The van der Waals surface area contributed by atoms with Crippen LogP contribution in [-0.2, 0) is 28.6 Å². The largest absolute Gasteiger partial charge is 0.466 e. The zero-order valence-corrected chi connectivity index (χ0v) is 20.5. The highest BCUT2D eigenvalue weighted by Gasteiger charge is 2.42. The predicted molar refractivity (Wildman–Crippen MR) is 122 cm³/mol. The molecule has 0 spiro atoms. The quantitative estimate of drug-likeness (QED) is 0.356. The van der Waals surface area contributed by atoms with Crippen LogP contribution in [0.2, 0.25) is 0 Å². The van der Waals surface area contributed by atoms with Gasteiger partial charge in [0.2, 0.25) is 5.78 Å². The fraction of sp³-hybridized carbons (Fsp3) is 0.348. The van der Waals surface area contributed by atoms with E-state index in [-0.39, 0.29) is 11.1 Å². The Kier molecular flexibility index (Phi) is 7.35. The van der Waals surface area contributed by atoms with E-state index in [2.05, 4.69) is 10.3 Å². The molecule has 0 unspecified atom stereocenters. The first-order chi connectivity index (χ1) is 16.1. The van der Waals surface area contributed by atoms with Gasteiger partial charge in [-0.15, -0.1) is 11.3 Å². The molecule has 11 heteroatoms. The number of ether oxygens (including phenoxy) is 3. The van der Waals surface area contributed by atoms with Crippen LogP contribution in [0.4, 0.5) is 0 Å². The summed E-state index contributed by atoms with van der Waals surface area (Å²) in [5.74, 6) is -4.39. The van der Waals surface area contributed by atoms with E-state index in [0.29, 0.717) is 27.8 Å². The smallest absolute Gasteiger partial charge is 0.336 e. The second-order valence-electron chi connectivity index (χ2n) is 7.58. The summed E-state index contributed by atoms with van der Waals surface area (Å²) in [6.07, 6.45) is 1.67. The topological polar surface area (TPSA) is 126 Å². The lowest BCUT2D eigenvalue weighted by molar-refractivity contribution is -0.150. The van der Waals surface area contributed by atoms with Gasteiger partial charge in [0.1, 0.15) is 5.92 Å². The van der Waals surface area contributed by atoms with E-state index in [1.807, 2.05) is 16.9 Å². The summed E-state index contributed by atoms with van der Waals surface area (Å²) in [5.41, 5.74) is 2.33. The Balaban J connectivity index is 1.88. The molecule has 2 aromatic rings. The molecule has 0 saturated carbocycles. The van der Waals surface area contributed by atoms with E-state index in [0.717, 1.165) is 19.9 Å². The van der Waals surface area contributed by atoms with Gasteiger partial charge in [0.25, 0.3) is 0 Å². The maximum absolute atomic E-state index is 13.1. The molecule has 0 saturated heterocycles. The molecule has 1 aliphatic rings. The summed E-state index contributed by atoms with van der Waals surface area (Å²) >= 11 is 1.43. The minimum absolute atomic E-state index is 0.0899. The first kappa shape index (κ1) is 24.9. The molecule has 180 valence electrons. The molecule has 0 aliphatic carbocycles. The number of dihydropyridines is 1. The molecule has 0 amide bonds. The number of rotatable bonds is 7. The molecule has 34 heavy (non-hydrogen) atoms.